The number of nitrogens with zero attached hydrogens (tertiary/aromatic N) is 4. The normalized spacial score (nSPS) is 18.9. The SMILES string of the molecule is CC[C@H](C)[C@@H]([C@@H](CC(=O)N1CCC[C@H]1[C@H](OC)[C@@H](C)C(=O)C[C@@H](Cc1c[nH]c2ccccc12)C(=O)N1CCCCO1)OC)N(C)C(=O)[C@@H](CC(=O)[C@H](C(C)C)N(C)Cc1ccc(C(C)=O)cc1)C(C)C. The number of carbonyl (C=O) groups excluding carboxylic acids is 6. The Labute approximate surface area is 417 Å². The van der Waals surface area contributed by atoms with E-state index in [9.17, 15) is 28.8 Å². The second kappa shape index (κ2) is 26.1. The minimum absolute atomic E-state index is 0.00203. The molecule has 2 fully saturated rings. The van der Waals surface area contributed by atoms with E-state index in [4.69, 9.17) is 14.3 Å². The number of fused-ring (bicyclic) bond motifs is 1. The van der Waals surface area contributed by atoms with Crippen molar-refractivity contribution >= 4 is 46.0 Å². The lowest BCUT2D eigenvalue weighted by molar-refractivity contribution is -0.201. The van der Waals surface area contributed by atoms with Crippen molar-refractivity contribution in [2.24, 2.45) is 35.5 Å². The van der Waals surface area contributed by atoms with Crippen LogP contribution >= 0.6 is 0 Å². The van der Waals surface area contributed by atoms with Crippen molar-refractivity contribution < 1.29 is 43.1 Å². The molecule has 3 aromatic rings. The van der Waals surface area contributed by atoms with Crippen LogP contribution in [0.1, 0.15) is 128 Å². The molecule has 14 nitrogen and oxygen atoms in total. The molecule has 5 rings (SSSR count). The maximum Gasteiger partial charge on any atom is 0.250 e. The maximum absolute atomic E-state index is 14.8. The maximum atomic E-state index is 14.8. The molecule has 2 aliphatic rings. The van der Waals surface area contributed by atoms with Gasteiger partial charge in [0.2, 0.25) is 17.7 Å². The van der Waals surface area contributed by atoms with Crippen LogP contribution in [-0.4, -0.2) is 138 Å². The van der Waals surface area contributed by atoms with Crippen LogP contribution in [0.5, 0.6) is 0 Å². The lowest BCUT2D eigenvalue weighted by Crippen LogP contribution is -2.54. The van der Waals surface area contributed by atoms with E-state index in [2.05, 4.69) is 18.8 Å². The molecule has 386 valence electrons. The number of aromatic nitrogens is 1. The summed E-state index contributed by atoms with van der Waals surface area (Å²) in [5.41, 5.74) is 3.54. The summed E-state index contributed by atoms with van der Waals surface area (Å²) in [6.07, 6.45) is 4.89. The Bertz CT molecular complexity index is 2220. The van der Waals surface area contributed by atoms with Gasteiger partial charge in [-0.3, -0.25) is 38.5 Å². The van der Waals surface area contributed by atoms with Crippen molar-refractivity contribution in [2.75, 3.05) is 48.0 Å². The molecular formula is C56H83N5O9. The highest BCUT2D eigenvalue weighted by molar-refractivity contribution is 5.94. The van der Waals surface area contributed by atoms with Crippen LogP contribution in [0, 0.1) is 35.5 Å². The molecular weight excluding hydrogens is 887 g/mol. The van der Waals surface area contributed by atoms with Gasteiger partial charge in [-0.15, -0.1) is 0 Å². The Hall–Kier alpha value is -4.76. The van der Waals surface area contributed by atoms with Crippen molar-refractivity contribution in [2.45, 2.75) is 150 Å². The molecule has 0 spiro atoms. The van der Waals surface area contributed by atoms with Gasteiger partial charge in [0.15, 0.2) is 11.6 Å². The third-order valence-electron chi connectivity index (χ3n) is 15.3. The molecule has 3 heterocycles. The Morgan fingerprint density at radius 2 is 1.53 bits per heavy atom. The molecule has 14 heteroatoms. The van der Waals surface area contributed by atoms with Crippen LogP contribution in [0.4, 0.5) is 0 Å². The summed E-state index contributed by atoms with van der Waals surface area (Å²) in [4.78, 5) is 98.7. The molecule has 9 atom stereocenters. The summed E-state index contributed by atoms with van der Waals surface area (Å²) < 4.78 is 12.3. The first-order chi connectivity index (χ1) is 33.3. The Kier molecular flexibility index (Phi) is 20.9. The Morgan fingerprint density at radius 3 is 2.13 bits per heavy atom. The highest BCUT2D eigenvalue weighted by atomic mass is 16.7. The van der Waals surface area contributed by atoms with E-state index >= 15 is 0 Å². The van der Waals surface area contributed by atoms with Crippen molar-refractivity contribution in [1.82, 2.24) is 24.7 Å². The fourth-order valence-electron chi connectivity index (χ4n) is 11.1. The molecule has 0 saturated carbocycles. The van der Waals surface area contributed by atoms with E-state index in [-0.39, 0.29) is 78.1 Å². The zero-order chi connectivity index (χ0) is 51.4. The summed E-state index contributed by atoms with van der Waals surface area (Å²) >= 11 is 0. The number of amides is 3. The molecule has 2 aliphatic heterocycles. The standard InChI is InChI=1S/C56H83N5O9/c1-13-37(6)53(59(10)56(67)45(35(2)3)31-49(64)52(36(4)5)58(9)34-40-22-24-41(25-23-40)39(8)62)50(68-11)32-51(65)60-26-18-21-47(60)54(69-12)38(7)48(63)30-42(55(66)61-27-16-17-28-70-61)29-43-33-57-46-20-15-14-19-44(43)46/h14-15,19-20,22-25,33,35-38,42,45,47,50,52-54,57H,13,16-18,21,26-32,34H2,1-12H3/t37-,38-,42+,45-,47-,50+,52-,53-,54+/m0/s1. The number of rotatable bonds is 26. The minimum Gasteiger partial charge on any atom is -0.379 e. The smallest absolute Gasteiger partial charge is 0.250 e. The molecule has 0 radical (unpaired) electrons. The minimum atomic E-state index is -0.654. The number of nitrogens with one attached hydrogen (secondary N) is 1. The van der Waals surface area contributed by atoms with Gasteiger partial charge in [-0.25, -0.2) is 5.06 Å². The molecule has 1 N–H and O–H groups in total. The number of carbonyl (C=O) groups is 6. The average molecular weight is 970 g/mol. The van der Waals surface area contributed by atoms with E-state index in [1.165, 1.54) is 12.0 Å². The van der Waals surface area contributed by atoms with E-state index in [0.717, 1.165) is 47.7 Å². The molecule has 0 unspecified atom stereocenters. The number of likely N-dealkylation sites (N-methyl/N-ethyl adjacent to an activating group) is 2. The van der Waals surface area contributed by atoms with Gasteiger partial charge in [0, 0.05) is 88.2 Å². The third-order valence-corrected chi connectivity index (χ3v) is 15.3. The first-order valence-electron chi connectivity index (χ1n) is 25.8. The highest BCUT2D eigenvalue weighted by Gasteiger charge is 2.44. The van der Waals surface area contributed by atoms with E-state index in [1.807, 2.05) is 94.1 Å². The predicted molar refractivity (Wildman–Crippen MR) is 273 cm³/mol. The van der Waals surface area contributed by atoms with Gasteiger partial charge in [0.25, 0.3) is 0 Å². The summed E-state index contributed by atoms with van der Waals surface area (Å²) in [7, 11) is 6.85. The van der Waals surface area contributed by atoms with Gasteiger partial charge in [0.1, 0.15) is 5.78 Å². The predicted octanol–water partition coefficient (Wildman–Crippen LogP) is 8.35. The van der Waals surface area contributed by atoms with Crippen molar-refractivity contribution in [1.29, 1.82) is 0 Å². The van der Waals surface area contributed by atoms with Crippen molar-refractivity contribution in [3.05, 3.63) is 71.4 Å². The summed E-state index contributed by atoms with van der Waals surface area (Å²) in [5, 5.41) is 2.44. The Morgan fingerprint density at radius 1 is 0.829 bits per heavy atom. The first kappa shape index (κ1) is 56.2. The summed E-state index contributed by atoms with van der Waals surface area (Å²) in [5.74, 6) is -2.71. The number of ketones is 3. The van der Waals surface area contributed by atoms with Gasteiger partial charge >= 0.3 is 0 Å². The fraction of sp³-hybridized carbons (Fsp3) is 0.643. The van der Waals surface area contributed by atoms with Crippen LogP contribution in [0.25, 0.3) is 10.9 Å². The molecule has 2 saturated heterocycles. The van der Waals surface area contributed by atoms with Gasteiger partial charge in [0.05, 0.1) is 49.3 Å². The van der Waals surface area contributed by atoms with Crippen LogP contribution in [0.3, 0.4) is 0 Å². The number of aromatic amines is 1. The molecule has 0 bridgehead atoms. The van der Waals surface area contributed by atoms with Gasteiger partial charge in [-0.2, -0.15) is 0 Å². The van der Waals surface area contributed by atoms with Crippen LogP contribution in [0.15, 0.2) is 54.7 Å². The average Bonchev–Trinajstić information content (AvgIpc) is 4.00. The number of hydroxylamine groups is 2. The molecule has 1 aromatic heterocycles. The number of H-pyrrole nitrogens is 1. The summed E-state index contributed by atoms with van der Waals surface area (Å²) in [6, 6.07) is 14.1. The quantitative estimate of drug-likeness (QED) is 0.0776. The summed E-state index contributed by atoms with van der Waals surface area (Å²) in [6.45, 7) is 17.4. The highest BCUT2D eigenvalue weighted by Crippen LogP contribution is 2.33. The zero-order valence-corrected chi connectivity index (χ0v) is 44.2. The number of para-hydroxylation sites is 1. The number of ether oxygens (including phenoxy) is 2. The third kappa shape index (κ3) is 13.8. The lowest BCUT2D eigenvalue weighted by atomic mass is 9.83. The van der Waals surface area contributed by atoms with Crippen LogP contribution in [-0.2, 0) is 51.2 Å². The largest absolute Gasteiger partial charge is 0.379 e. The van der Waals surface area contributed by atoms with E-state index in [0.29, 0.717) is 44.6 Å². The Balaban J connectivity index is 1.29. The van der Waals surface area contributed by atoms with Gasteiger partial charge in [-0.1, -0.05) is 97.4 Å². The fourth-order valence-corrected chi connectivity index (χ4v) is 11.1. The van der Waals surface area contributed by atoms with Crippen LogP contribution in [0.2, 0.25) is 0 Å². The number of benzene rings is 2. The van der Waals surface area contributed by atoms with Gasteiger partial charge < -0.3 is 24.3 Å². The molecule has 3 amide bonds. The number of methoxy groups -OCH3 is 2. The molecule has 70 heavy (non-hydrogen) atoms. The second-order valence-corrected chi connectivity index (χ2v) is 20.9. The molecule has 2 aromatic carbocycles. The number of hydrogen-bond acceptors (Lipinski definition) is 10. The topological polar surface area (TPSA) is 159 Å². The van der Waals surface area contributed by atoms with E-state index in [1.54, 1.807) is 38.3 Å². The monoisotopic (exact) mass is 970 g/mol. The molecule has 0 aliphatic carbocycles. The van der Waals surface area contributed by atoms with Crippen LogP contribution < -0.4 is 0 Å². The van der Waals surface area contributed by atoms with Crippen molar-refractivity contribution in [3.63, 3.8) is 0 Å². The first-order valence-corrected chi connectivity index (χ1v) is 25.8. The number of Topliss-reactive ketones (excluding diaryl/α,β-unsaturated/α-hetero) is 3. The number of hydrogen-bond donors (Lipinski definition) is 1. The number of likely N-dealkylation sites (tertiary alicyclic amines) is 1. The zero-order valence-electron chi connectivity index (χ0n) is 44.2. The van der Waals surface area contributed by atoms with Crippen molar-refractivity contribution in [3.8, 4) is 0 Å². The second-order valence-electron chi connectivity index (χ2n) is 20.9. The van der Waals surface area contributed by atoms with Gasteiger partial charge in [-0.05, 0) is 81.0 Å². The van der Waals surface area contributed by atoms with E-state index < -0.39 is 42.0 Å². The lowest BCUT2D eigenvalue weighted by Gasteiger charge is -2.41.